The molecule has 17 heavy (non-hydrogen) atoms. The first-order chi connectivity index (χ1) is 8.36. The van der Waals surface area contributed by atoms with E-state index in [1.165, 1.54) is 5.56 Å². The Balaban J connectivity index is 0.000000437. The van der Waals surface area contributed by atoms with Gasteiger partial charge in [0.05, 0.1) is 0 Å². The van der Waals surface area contributed by atoms with Crippen LogP contribution in [0.2, 0.25) is 0 Å². The molecule has 0 aliphatic carbocycles. The number of para-hydroxylation sites is 1. The molecule has 0 amide bonds. The van der Waals surface area contributed by atoms with Crippen LogP contribution in [-0.2, 0) is 6.54 Å². The first kappa shape index (κ1) is 13.8. The molecule has 2 N–H and O–H groups in total. The highest BCUT2D eigenvalue weighted by molar-refractivity contribution is 6.33. The quantitative estimate of drug-likeness (QED) is 0.817. The predicted molar refractivity (Wildman–Crippen MR) is 75.1 cm³/mol. The van der Waals surface area contributed by atoms with Crippen molar-refractivity contribution in [2.24, 2.45) is 0 Å². The van der Waals surface area contributed by atoms with Gasteiger partial charge in [-0.2, -0.15) is 0 Å². The Morgan fingerprint density at radius 1 is 0.765 bits per heavy atom. The zero-order valence-corrected chi connectivity index (χ0v) is 10.7. The molecule has 0 heterocycles. The molecule has 0 atom stereocenters. The van der Waals surface area contributed by atoms with E-state index in [4.69, 9.17) is 0 Å². The molecule has 90 valence electrons. The van der Waals surface area contributed by atoms with Crippen LogP contribution in [-0.4, -0.2) is 0 Å². The van der Waals surface area contributed by atoms with E-state index in [1.807, 2.05) is 24.3 Å². The lowest BCUT2D eigenvalue weighted by molar-refractivity contribution is 1.15. The number of hydrogen-bond acceptors (Lipinski definition) is 2. The summed E-state index contributed by atoms with van der Waals surface area (Å²) in [5.74, 6) is 0. The number of halogens is 2. The molecule has 2 rings (SSSR count). The van der Waals surface area contributed by atoms with Crippen LogP contribution in [0.15, 0.2) is 60.7 Å². The molecule has 0 saturated heterocycles. The molecule has 0 aliphatic rings. The molecule has 0 aromatic heterocycles. The molecular formula is C13H14Cl2N2. The number of nitrogens with one attached hydrogen (secondary N) is 2. The van der Waals surface area contributed by atoms with Crippen molar-refractivity contribution in [2.75, 3.05) is 5.32 Å². The minimum Gasteiger partial charge on any atom is -0.381 e. The molecule has 4 heteroatoms. The molecule has 2 nitrogen and oxygen atoms in total. The van der Waals surface area contributed by atoms with Crippen molar-refractivity contribution in [3.63, 3.8) is 0 Å². The summed E-state index contributed by atoms with van der Waals surface area (Å²) >= 11 is 9.03. The number of hydrogen-bond donors (Lipinski definition) is 2. The van der Waals surface area contributed by atoms with Crippen LogP contribution in [0, 0.1) is 0 Å². The van der Waals surface area contributed by atoms with Gasteiger partial charge in [-0.1, -0.05) is 48.5 Å². The molecule has 0 saturated carbocycles. The Kier molecular flexibility index (Phi) is 7.23. The van der Waals surface area contributed by atoms with E-state index in [0.717, 1.165) is 12.2 Å². The zero-order chi connectivity index (χ0) is 12.3. The maximum Gasteiger partial charge on any atom is 0.0400 e. The summed E-state index contributed by atoms with van der Waals surface area (Å²) in [6.07, 6.45) is 0. The highest BCUT2D eigenvalue weighted by Crippen LogP contribution is 2.07. The Morgan fingerprint density at radius 3 is 1.76 bits per heavy atom. The molecular weight excluding hydrogens is 255 g/mol. The summed E-state index contributed by atoms with van der Waals surface area (Å²) in [5.41, 5.74) is 2.47. The summed E-state index contributed by atoms with van der Waals surface area (Å²) in [4.78, 5) is 0. The fourth-order valence-corrected chi connectivity index (χ4v) is 1.36. The van der Waals surface area contributed by atoms with Gasteiger partial charge >= 0.3 is 0 Å². The normalized spacial score (nSPS) is 9.06. The van der Waals surface area contributed by atoms with E-state index in [-0.39, 0.29) is 0 Å². The Bertz CT molecular complexity index is 353. The van der Waals surface area contributed by atoms with Crippen molar-refractivity contribution in [2.45, 2.75) is 6.54 Å². The summed E-state index contributed by atoms with van der Waals surface area (Å²) in [7, 11) is 0. The molecule has 2 aromatic carbocycles. The van der Waals surface area contributed by atoms with E-state index in [2.05, 4.69) is 65.3 Å². The standard InChI is InChI=1S/C13H13N.Cl2HN/c1-3-7-12(8-4-1)11-14-13-9-5-2-6-10-13;1-3-2/h1-10,14H,11H2;3H. The van der Waals surface area contributed by atoms with E-state index < -0.39 is 0 Å². The van der Waals surface area contributed by atoms with Gasteiger partial charge in [0.25, 0.3) is 0 Å². The van der Waals surface area contributed by atoms with Crippen LogP contribution in [0.4, 0.5) is 5.69 Å². The topological polar surface area (TPSA) is 24.1 Å². The second-order valence-corrected chi connectivity index (χ2v) is 3.85. The van der Waals surface area contributed by atoms with Gasteiger partial charge < -0.3 is 5.32 Å². The van der Waals surface area contributed by atoms with Crippen LogP contribution in [0.1, 0.15) is 5.56 Å². The lowest BCUT2D eigenvalue weighted by Gasteiger charge is -2.05. The summed E-state index contributed by atoms with van der Waals surface area (Å²) in [6, 6.07) is 20.6. The first-order valence-electron chi connectivity index (χ1n) is 5.16. The molecule has 0 fully saturated rings. The van der Waals surface area contributed by atoms with Gasteiger partial charge in [-0.15, -0.1) is 4.35 Å². The Hall–Kier alpha value is -1.22. The third kappa shape index (κ3) is 6.17. The third-order valence-electron chi connectivity index (χ3n) is 2.11. The molecule has 0 aliphatic heterocycles. The van der Waals surface area contributed by atoms with Crippen LogP contribution in [0.25, 0.3) is 0 Å². The fourth-order valence-electron chi connectivity index (χ4n) is 1.36. The minimum absolute atomic E-state index is 0.880. The largest absolute Gasteiger partial charge is 0.381 e. The van der Waals surface area contributed by atoms with Crippen molar-refractivity contribution in [3.8, 4) is 0 Å². The van der Waals surface area contributed by atoms with Gasteiger partial charge in [0.2, 0.25) is 0 Å². The van der Waals surface area contributed by atoms with E-state index in [0.29, 0.717) is 0 Å². The SMILES string of the molecule is ClNCl.c1ccc(CNc2ccccc2)cc1. The molecule has 0 radical (unpaired) electrons. The van der Waals surface area contributed by atoms with Crippen molar-refractivity contribution in [1.29, 1.82) is 0 Å². The van der Waals surface area contributed by atoms with Crippen molar-refractivity contribution < 1.29 is 0 Å². The fraction of sp³-hybridized carbons (Fsp3) is 0.0769. The second kappa shape index (κ2) is 8.88. The third-order valence-corrected chi connectivity index (χ3v) is 2.11. The minimum atomic E-state index is 0.880. The van der Waals surface area contributed by atoms with Gasteiger partial charge in [0.15, 0.2) is 0 Å². The Morgan fingerprint density at radius 2 is 1.24 bits per heavy atom. The highest BCUT2D eigenvalue weighted by Gasteiger charge is 1.90. The molecule has 0 spiro atoms. The van der Waals surface area contributed by atoms with E-state index >= 15 is 0 Å². The summed E-state index contributed by atoms with van der Waals surface area (Å²) < 4.78 is 1.69. The molecule has 2 aromatic rings. The number of rotatable bonds is 3. The van der Waals surface area contributed by atoms with E-state index in [9.17, 15) is 0 Å². The number of anilines is 1. The predicted octanol–water partition coefficient (Wildman–Crippen LogP) is 4.18. The zero-order valence-electron chi connectivity index (χ0n) is 9.24. The average Bonchev–Trinajstić information content (AvgIpc) is 2.40. The lowest BCUT2D eigenvalue weighted by atomic mass is 10.2. The van der Waals surface area contributed by atoms with Gasteiger partial charge in [-0.3, -0.25) is 0 Å². The average molecular weight is 269 g/mol. The van der Waals surface area contributed by atoms with Gasteiger partial charge in [-0.05, 0) is 41.2 Å². The van der Waals surface area contributed by atoms with Crippen molar-refractivity contribution in [3.05, 3.63) is 66.2 Å². The van der Waals surface area contributed by atoms with Crippen molar-refractivity contribution >= 4 is 29.2 Å². The van der Waals surface area contributed by atoms with E-state index in [1.54, 1.807) is 4.35 Å². The van der Waals surface area contributed by atoms with Crippen molar-refractivity contribution in [1.82, 2.24) is 4.35 Å². The summed E-state index contributed by atoms with van der Waals surface area (Å²) in [6.45, 7) is 0.880. The van der Waals surface area contributed by atoms with Gasteiger partial charge in [-0.25, -0.2) is 0 Å². The van der Waals surface area contributed by atoms with Crippen LogP contribution < -0.4 is 9.67 Å². The molecule has 0 unspecified atom stereocenters. The lowest BCUT2D eigenvalue weighted by Crippen LogP contribution is -1.98. The van der Waals surface area contributed by atoms with Crippen LogP contribution >= 0.6 is 23.6 Å². The number of benzene rings is 2. The van der Waals surface area contributed by atoms with Gasteiger partial charge in [0.1, 0.15) is 0 Å². The first-order valence-corrected chi connectivity index (χ1v) is 5.91. The Labute approximate surface area is 112 Å². The molecule has 0 bridgehead atoms. The maximum absolute atomic E-state index is 4.51. The maximum atomic E-state index is 4.51. The second-order valence-electron chi connectivity index (χ2n) is 3.28. The highest BCUT2D eigenvalue weighted by atomic mass is 35.5. The van der Waals surface area contributed by atoms with Crippen LogP contribution in [0.3, 0.4) is 0 Å². The van der Waals surface area contributed by atoms with Gasteiger partial charge in [0, 0.05) is 12.2 Å². The van der Waals surface area contributed by atoms with Crippen LogP contribution in [0.5, 0.6) is 0 Å². The summed E-state index contributed by atoms with van der Waals surface area (Å²) in [5, 5.41) is 3.36. The smallest absolute Gasteiger partial charge is 0.0400 e. The monoisotopic (exact) mass is 268 g/mol.